The smallest absolute Gasteiger partial charge is 0.132 e. The van der Waals surface area contributed by atoms with Gasteiger partial charge in [0.05, 0.1) is 11.4 Å². The van der Waals surface area contributed by atoms with E-state index >= 15 is 0 Å². The van der Waals surface area contributed by atoms with E-state index in [9.17, 15) is 0 Å². The molecular formula is C21H28N6S. The Hall–Kier alpha value is -2.12. The summed E-state index contributed by atoms with van der Waals surface area (Å²) in [6.07, 6.45) is 7.28. The average Bonchev–Trinajstić information content (AvgIpc) is 3.45. The van der Waals surface area contributed by atoms with Crippen LogP contribution in [0.4, 0.5) is 11.5 Å². The van der Waals surface area contributed by atoms with Crippen LogP contribution < -0.4 is 10.6 Å². The molecule has 2 aromatic rings. The number of hydrogen-bond acceptors (Lipinski definition) is 7. The van der Waals surface area contributed by atoms with E-state index < -0.39 is 0 Å². The molecule has 1 saturated carbocycles. The highest BCUT2D eigenvalue weighted by Crippen LogP contribution is 2.47. The van der Waals surface area contributed by atoms with Gasteiger partial charge in [0, 0.05) is 43.5 Å². The first-order valence-corrected chi connectivity index (χ1v) is 11.0. The van der Waals surface area contributed by atoms with Crippen LogP contribution >= 0.6 is 11.9 Å². The molecule has 148 valence electrons. The van der Waals surface area contributed by atoms with E-state index in [0.717, 1.165) is 44.0 Å². The fourth-order valence-electron chi connectivity index (χ4n) is 3.71. The van der Waals surface area contributed by atoms with Crippen molar-refractivity contribution < 1.29 is 0 Å². The highest BCUT2D eigenvalue weighted by molar-refractivity contribution is 7.96. The fraction of sp³-hybridized carbons (Fsp3) is 0.476. The molecular weight excluding hydrogens is 368 g/mol. The van der Waals surface area contributed by atoms with Crippen LogP contribution in [0, 0.1) is 10.8 Å². The topological polar surface area (TPSA) is 82.1 Å². The summed E-state index contributed by atoms with van der Waals surface area (Å²) in [5, 5.41) is 8.73. The fourth-order valence-corrected chi connectivity index (χ4v) is 4.24. The Labute approximate surface area is 171 Å². The molecule has 1 aromatic carbocycles. The molecule has 0 radical (unpaired) electrons. The number of nitrogens with one attached hydrogen (secondary N) is 1. The number of piperazine rings is 1. The first-order valence-electron chi connectivity index (χ1n) is 9.81. The van der Waals surface area contributed by atoms with Gasteiger partial charge in [0.15, 0.2) is 0 Å². The number of nitrogen functional groups attached to an aromatic ring is 1. The van der Waals surface area contributed by atoms with Gasteiger partial charge in [0.2, 0.25) is 0 Å². The van der Waals surface area contributed by atoms with E-state index in [1.165, 1.54) is 18.4 Å². The molecule has 1 saturated heterocycles. The molecule has 2 heterocycles. The number of benzene rings is 1. The van der Waals surface area contributed by atoms with Crippen LogP contribution in [0.1, 0.15) is 36.6 Å². The van der Waals surface area contributed by atoms with Crippen molar-refractivity contribution in [1.82, 2.24) is 14.3 Å². The van der Waals surface area contributed by atoms with Crippen LogP contribution in [0.3, 0.4) is 0 Å². The third-order valence-electron chi connectivity index (χ3n) is 5.85. The minimum absolute atomic E-state index is 0.367. The Kier molecular flexibility index (Phi) is 5.29. The second-order valence-electron chi connectivity index (χ2n) is 8.14. The van der Waals surface area contributed by atoms with Gasteiger partial charge < -0.3 is 10.6 Å². The lowest BCUT2D eigenvalue weighted by Crippen LogP contribution is -2.43. The van der Waals surface area contributed by atoms with Crippen LogP contribution in [0.15, 0.2) is 30.6 Å². The molecule has 3 N–H and O–H groups in total. The highest BCUT2D eigenvalue weighted by atomic mass is 32.2. The third kappa shape index (κ3) is 4.15. The summed E-state index contributed by atoms with van der Waals surface area (Å²) < 4.78 is 2.35. The lowest BCUT2D eigenvalue weighted by Gasteiger charge is -2.34. The number of anilines is 2. The second kappa shape index (κ2) is 7.72. The SMILES string of the molecule is CSN1CCN(c2cc(C(=N)c3cc(CC4(C)CC4)ccc3N)ncn2)CC1. The van der Waals surface area contributed by atoms with E-state index in [4.69, 9.17) is 11.1 Å². The molecule has 6 nitrogen and oxygen atoms in total. The summed E-state index contributed by atoms with van der Waals surface area (Å²) in [6.45, 7) is 6.20. The lowest BCUT2D eigenvalue weighted by atomic mass is 9.95. The molecule has 1 aromatic heterocycles. The number of nitrogens with two attached hydrogens (primary N) is 1. The van der Waals surface area contributed by atoms with Gasteiger partial charge in [-0.2, -0.15) is 0 Å². The maximum absolute atomic E-state index is 8.73. The van der Waals surface area contributed by atoms with Gasteiger partial charge in [-0.15, -0.1) is 0 Å². The number of aromatic nitrogens is 2. The summed E-state index contributed by atoms with van der Waals surface area (Å²) in [5.41, 5.74) is 10.3. The van der Waals surface area contributed by atoms with Gasteiger partial charge in [-0.1, -0.05) is 24.9 Å². The summed E-state index contributed by atoms with van der Waals surface area (Å²) in [4.78, 5) is 11.1. The normalized spacial score (nSPS) is 18.9. The summed E-state index contributed by atoms with van der Waals surface area (Å²) in [6, 6.07) is 8.01. The van der Waals surface area contributed by atoms with Crippen molar-refractivity contribution in [1.29, 1.82) is 5.41 Å². The largest absolute Gasteiger partial charge is 0.398 e. The maximum Gasteiger partial charge on any atom is 0.132 e. The second-order valence-corrected chi connectivity index (χ2v) is 9.03. The molecule has 1 aliphatic heterocycles. The van der Waals surface area contributed by atoms with E-state index in [0.29, 0.717) is 22.5 Å². The first-order chi connectivity index (χ1) is 13.5. The van der Waals surface area contributed by atoms with E-state index in [-0.39, 0.29) is 0 Å². The molecule has 2 aliphatic rings. The zero-order chi connectivity index (χ0) is 19.7. The van der Waals surface area contributed by atoms with Gasteiger partial charge in [-0.25, -0.2) is 14.3 Å². The molecule has 4 rings (SSSR count). The highest BCUT2D eigenvalue weighted by Gasteiger charge is 2.37. The molecule has 1 aliphatic carbocycles. The molecule has 0 bridgehead atoms. The van der Waals surface area contributed by atoms with Crippen LogP contribution in [-0.2, 0) is 6.42 Å². The van der Waals surface area contributed by atoms with Gasteiger partial charge in [-0.05, 0) is 48.6 Å². The molecule has 7 heteroatoms. The quantitative estimate of drug-likeness (QED) is 0.443. The zero-order valence-electron chi connectivity index (χ0n) is 16.6. The monoisotopic (exact) mass is 396 g/mol. The van der Waals surface area contributed by atoms with Gasteiger partial charge in [0.1, 0.15) is 12.1 Å². The van der Waals surface area contributed by atoms with E-state index in [1.807, 2.05) is 12.1 Å². The van der Waals surface area contributed by atoms with Gasteiger partial charge in [-0.3, -0.25) is 5.41 Å². The van der Waals surface area contributed by atoms with Crippen LogP contribution in [0.25, 0.3) is 0 Å². The van der Waals surface area contributed by atoms with Crippen molar-refractivity contribution in [3.05, 3.63) is 47.4 Å². The molecule has 0 amide bonds. The molecule has 0 atom stereocenters. The van der Waals surface area contributed by atoms with Crippen LogP contribution in [0.5, 0.6) is 0 Å². The van der Waals surface area contributed by atoms with Crippen molar-refractivity contribution in [2.75, 3.05) is 43.1 Å². The third-order valence-corrected chi connectivity index (χ3v) is 6.73. The Balaban J connectivity index is 1.54. The van der Waals surface area contributed by atoms with Crippen LogP contribution in [-0.4, -0.2) is 52.4 Å². The average molecular weight is 397 g/mol. The summed E-state index contributed by atoms with van der Waals surface area (Å²) in [7, 11) is 0. The molecule has 0 unspecified atom stereocenters. The predicted molar refractivity (Wildman–Crippen MR) is 117 cm³/mol. The Morgan fingerprint density at radius 2 is 1.93 bits per heavy atom. The van der Waals surface area contributed by atoms with Crippen molar-refractivity contribution in [2.45, 2.75) is 26.2 Å². The van der Waals surface area contributed by atoms with Gasteiger partial charge in [0.25, 0.3) is 0 Å². The Morgan fingerprint density at radius 3 is 2.61 bits per heavy atom. The first kappa shape index (κ1) is 19.2. The van der Waals surface area contributed by atoms with Gasteiger partial charge >= 0.3 is 0 Å². The minimum Gasteiger partial charge on any atom is -0.398 e. The van der Waals surface area contributed by atoms with E-state index in [1.54, 1.807) is 18.3 Å². The standard InChI is InChI=1S/C21H28N6S/c1-21(5-6-21)13-15-3-4-17(22)16(11-15)20(23)18-12-19(25-14-24-18)26-7-9-27(28-2)10-8-26/h3-4,11-12,14,23H,5-10,13,22H2,1-2H3. The summed E-state index contributed by atoms with van der Waals surface area (Å²) >= 11 is 1.79. The Bertz CT molecular complexity index is 871. The van der Waals surface area contributed by atoms with Crippen molar-refractivity contribution in [2.24, 2.45) is 5.41 Å². The molecule has 0 spiro atoms. The number of rotatable bonds is 6. The maximum atomic E-state index is 8.73. The van der Waals surface area contributed by atoms with Crippen molar-refractivity contribution in [3.8, 4) is 0 Å². The Morgan fingerprint density at radius 1 is 1.18 bits per heavy atom. The molecule has 2 fully saturated rings. The number of hydrogen-bond donors (Lipinski definition) is 2. The van der Waals surface area contributed by atoms with E-state index in [2.05, 4.69) is 44.5 Å². The number of nitrogens with zero attached hydrogens (tertiary/aromatic N) is 4. The van der Waals surface area contributed by atoms with Crippen molar-refractivity contribution >= 4 is 29.2 Å². The predicted octanol–water partition coefficient (Wildman–Crippen LogP) is 3.22. The van der Waals surface area contributed by atoms with Crippen molar-refractivity contribution in [3.63, 3.8) is 0 Å². The lowest BCUT2D eigenvalue weighted by molar-refractivity contribution is 0.429. The minimum atomic E-state index is 0.367. The summed E-state index contributed by atoms with van der Waals surface area (Å²) in [5.74, 6) is 0.885. The molecule has 28 heavy (non-hydrogen) atoms. The zero-order valence-corrected chi connectivity index (χ0v) is 17.4. The van der Waals surface area contributed by atoms with Crippen LogP contribution in [0.2, 0.25) is 0 Å².